The lowest BCUT2D eigenvalue weighted by Gasteiger charge is -2.17. The predicted octanol–water partition coefficient (Wildman–Crippen LogP) is 2.93. The number of hydrogen-bond acceptors (Lipinski definition) is 6. The Morgan fingerprint density at radius 3 is 2.70 bits per heavy atom. The molecular weight excluding hydrogens is 486 g/mol. The normalized spacial score (nSPS) is 15.7. The number of benzene rings is 1. The molecule has 1 aromatic carbocycles. The van der Waals surface area contributed by atoms with Crippen molar-refractivity contribution in [1.82, 2.24) is 25.1 Å². The van der Waals surface area contributed by atoms with E-state index in [9.17, 15) is 9.59 Å². The van der Waals surface area contributed by atoms with Crippen LogP contribution < -0.4 is 15.5 Å². The van der Waals surface area contributed by atoms with Crippen molar-refractivity contribution in [2.24, 2.45) is 5.92 Å². The summed E-state index contributed by atoms with van der Waals surface area (Å²) in [7, 11) is 0. The molecule has 2 N–H and O–H groups in total. The molecule has 172 valence electrons. The van der Waals surface area contributed by atoms with Crippen LogP contribution >= 0.6 is 15.9 Å². The van der Waals surface area contributed by atoms with Crippen molar-refractivity contribution >= 4 is 39.2 Å². The number of nitrogens with zero attached hydrogens (tertiary/aromatic N) is 5. The van der Waals surface area contributed by atoms with Gasteiger partial charge in [-0.25, -0.2) is 14.6 Å². The van der Waals surface area contributed by atoms with E-state index in [4.69, 9.17) is 0 Å². The van der Waals surface area contributed by atoms with Gasteiger partial charge in [-0.05, 0) is 45.0 Å². The number of anilines is 2. The number of halogens is 1. The number of carbonyl (C=O) groups is 2. The highest BCUT2D eigenvalue weighted by molar-refractivity contribution is 9.10. The second-order valence-electron chi connectivity index (χ2n) is 8.10. The lowest BCUT2D eigenvalue weighted by molar-refractivity contribution is -0.126. The first-order valence-electron chi connectivity index (χ1n) is 10.8. The molecule has 9 nitrogen and oxygen atoms in total. The maximum atomic E-state index is 12.6. The van der Waals surface area contributed by atoms with Gasteiger partial charge in [0, 0.05) is 48.0 Å². The van der Waals surface area contributed by atoms with Gasteiger partial charge in [0.05, 0.1) is 11.6 Å². The van der Waals surface area contributed by atoms with Crippen LogP contribution in [0.2, 0.25) is 0 Å². The number of amides is 2. The number of rotatable bonds is 7. The molecule has 1 atom stereocenters. The SMILES string of the molecule is Cc1cc(C)n(-c2cc(NCCNC(=O)[C@H]3CC(=O)N(c4cccc(Br)c4)C3)nc(C)n2)n1. The Kier molecular flexibility index (Phi) is 6.73. The van der Waals surface area contributed by atoms with Gasteiger partial charge in [-0.15, -0.1) is 0 Å². The van der Waals surface area contributed by atoms with Crippen LogP contribution in [0, 0.1) is 26.7 Å². The van der Waals surface area contributed by atoms with Crippen molar-refractivity contribution in [3.63, 3.8) is 0 Å². The van der Waals surface area contributed by atoms with Gasteiger partial charge in [0.1, 0.15) is 11.6 Å². The van der Waals surface area contributed by atoms with E-state index in [-0.39, 0.29) is 24.2 Å². The topological polar surface area (TPSA) is 105 Å². The minimum absolute atomic E-state index is 0.0421. The van der Waals surface area contributed by atoms with Crippen LogP contribution in [0.15, 0.2) is 40.9 Å². The second-order valence-corrected chi connectivity index (χ2v) is 9.02. The van der Waals surface area contributed by atoms with Gasteiger partial charge in [-0.3, -0.25) is 9.59 Å². The first kappa shape index (κ1) is 22.9. The molecule has 1 saturated heterocycles. The highest BCUT2D eigenvalue weighted by Gasteiger charge is 2.35. The average molecular weight is 512 g/mol. The quantitative estimate of drug-likeness (QED) is 0.472. The zero-order valence-electron chi connectivity index (χ0n) is 18.8. The van der Waals surface area contributed by atoms with E-state index in [2.05, 4.69) is 41.6 Å². The largest absolute Gasteiger partial charge is 0.368 e. The standard InChI is InChI=1S/C23H26BrN7O2/c1-14-9-15(2)31(29-14)21-12-20(27-16(3)28-21)25-7-8-26-23(33)17-10-22(32)30(13-17)19-6-4-5-18(24)11-19/h4-6,9,11-12,17H,7-8,10,13H2,1-3H3,(H,26,33)(H,25,27,28)/t17-/m0/s1. The number of nitrogens with one attached hydrogen (secondary N) is 2. The number of aryl methyl sites for hydroxylation is 3. The monoisotopic (exact) mass is 511 g/mol. The van der Waals surface area contributed by atoms with Gasteiger partial charge in [0.25, 0.3) is 0 Å². The van der Waals surface area contributed by atoms with Crippen molar-refractivity contribution in [3.8, 4) is 5.82 Å². The molecule has 3 aromatic rings. The lowest BCUT2D eigenvalue weighted by atomic mass is 10.1. The molecule has 0 bridgehead atoms. The van der Waals surface area contributed by atoms with E-state index in [0.717, 1.165) is 21.5 Å². The fourth-order valence-electron chi connectivity index (χ4n) is 3.91. The lowest BCUT2D eigenvalue weighted by Crippen LogP contribution is -2.35. The van der Waals surface area contributed by atoms with Crippen LogP contribution in [0.1, 0.15) is 23.6 Å². The summed E-state index contributed by atoms with van der Waals surface area (Å²) in [6.45, 7) is 7.04. The summed E-state index contributed by atoms with van der Waals surface area (Å²) in [5.74, 6) is 1.45. The molecule has 10 heteroatoms. The minimum atomic E-state index is -0.365. The van der Waals surface area contributed by atoms with Crippen molar-refractivity contribution in [2.75, 3.05) is 29.9 Å². The highest BCUT2D eigenvalue weighted by atomic mass is 79.9. The Morgan fingerprint density at radius 2 is 1.97 bits per heavy atom. The van der Waals surface area contributed by atoms with Gasteiger partial charge in [0.2, 0.25) is 11.8 Å². The van der Waals surface area contributed by atoms with Crippen LogP contribution in [0.3, 0.4) is 0 Å². The molecule has 33 heavy (non-hydrogen) atoms. The Balaban J connectivity index is 1.30. The van der Waals surface area contributed by atoms with Gasteiger partial charge in [-0.1, -0.05) is 22.0 Å². The molecule has 0 unspecified atom stereocenters. The second kappa shape index (κ2) is 9.70. The van der Waals surface area contributed by atoms with Crippen LogP contribution in [0.25, 0.3) is 5.82 Å². The van der Waals surface area contributed by atoms with Crippen molar-refractivity contribution in [3.05, 3.63) is 58.1 Å². The Labute approximate surface area is 200 Å². The third kappa shape index (κ3) is 5.39. The number of hydrogen-bond donors (Lipinski definition) is 2. The van der Waals surface area contributed by atoms with Crippen molar-refractivity contribution < 1.29 is 9.59 Å². The van der Waals surface area contributed by atoms with Crippen LogP contribution in [-0.4, -0.2) is 51.2 Å². The number of aromatic nitrogens is 4. The van der Waals surface area contributed by atoms with E-state index >= 15 is 0 Å². The van der Waals surface area contributed by atoms with Crippen molar-refractivity contribution in [1.29, 1.82) is 0 Å². The average Bonchev–Trinajstić information content (AvgIpc) is 3.32. The molecule has 2 amide bonds. The Bertz CT molecular complexity index is 1190. The predicted molar refractivity (Wildman–Crippen MR) is 129 cm³/mol. The third-order valence-corrected chi connectivity index (χ3v) is 5.89. The van der Waals surface area contributed by atoms with Crippen LogP contribution in [0.5, 0.6) is 0 Å². The van der Waals surface area contributed by atoms with Gasteiger partial charge < -0.3 is 15.5 Å². The Hall–Kier alpha value is -3.27. The third-order valence-electron chi connectivity index (χ3n) is 5.40. The minimum Gasteiger partial charge on any atom is -0.368 e. The van der Waals surface area contributed by atoms with Gasteiger partial charge >= 0.3 is 0 Å². The summed E-state index contributed by atoms with van der Waals surface area (Å²) in [4.78, 5) is 35.6. The molecule has 0 saturated carbocycles. The summed E-state index contributed by atoms with van der Waals surface area (Å²) in [6, 6.07) is 11.4. The molecule has 0 aliphatic carbocycles. The molecule has 1 aliphatic heterocycles. The molecule has 1 aliphatic rings. The summed E-state index contributed by atoms with van der Waals surface area (Å²) < 4.78 is 2.68. The summed E-state index contributed by atoms with van der Waals surface area (Å²) >= 11 is 3.42. The maximum absolute atomic E-state index is 12.6. The molecule has 3 heterocycles. The molecule has 1 fully saturated rings. The molecular formula is C23H26BrN7O2. The summed E-state index contributed by atoms with van der Waals surface area (Å²) in [6.07, 6.45) is 0.211. The van der Waals surface area contributed by atoms with E-state index in [0.29, 0.717) is 37.1 Å². The smallest absolute Gasteiger partial charge is 0.227 e. The first-order chi connectivity index (χ1) is 15.8. The molecule has 0 radical (unpaired) electrons. The number of carbonyl (C=O) groups excluding carboxylic acids is 2. The van der Waals surface area contributed by atoms with Gasteiger partial charge in [0.15, 0.2) is 5.82 Å². The molecule has 4 rings (SSSR count). The maximum Gasteiger partial charge on any atom is 0.227 e. The van der Waals surface area contributed by atoms with E-state index in [1.807, 2.05) is 57.2 Å². The zero-order valence-corrected chi connectivity index (χ0v) is 20.4. The van der Waals surface area contributed by atoms with E-state index < -0.39 is 0 Å². The highest BCUT2D eigenvalue weighted by Crippen LogP contribution is 2.27. The summed E-state index contributed by atoms with van der Waals surface area (Å²) in [5, 5.41) is 10.6. The van der Waals surface area contributed by atoms with Gasteiger partial charge in [-0.2, -0.15) is 5.10 Å². The Morgan fingerprint density at radius 1 is 1.15 bits per heavy atom. The van der Waals surface area contributed by atoms with Crippen LogP contribution in [0.4, 0.5) is 11.5 Å². The fraction of sp³-hybridized carbons (Fsp3) is 0.348. The first-order valence-corrected chi connectivity index (χ1v) is 11.6. The summed E-state index contributed by atoms with van der Waals surface area (Å²) in [5.41, 5.74) is 2.71. The van der Waals surface area contributed by atoms with Crippen molar-refractivity contribution in [2.45, 2.75) is 27.2 Å². The van der Waals surface area contributed by atoms with E-state index in [1.165, 1.54) is 0 Å². The molecule has 0 spiro atoms. The fourth-order valence-corrected chi connectivity index (χ4v) is 4.30. The van der Waals surface area contributed by atoms with Crippen LogP contribution in [-0.2, 0) is 9.59 Å². The zero-order chi connectivity index (χ0) is 23.5. The molecule has 2 aromatic heterocycles. The van der Waals surface area contributed by atoms with E-state index in [1.54, 1.807) is 9.58 Å².